The molecule has 21 heavy (non-hydrogen) atoms. The Morgan fingerprint density at radius 1 is 1.19 bits per heavy atom. The van der Waals surface area contributed by atoms with Crippen LogP contribution in [0.15, 0.2) is 59.7 Å². The molecule has 5 heteroatoms. The number of hydrogen-bond acceptors (Lipinski definition) is 3. The highest BCUT2D eigenvalue weighted by Gasteiger charge is 2.13. The number of amides is 1. The maximum atomic E-state index is 11.8. The molecule has 0 spiro atoms. The van der Waals surface area contributed by atoms with Crippen LogP contribution >= 0.6 is 11.6 Å². The van der Waals surface area contributed by atoms with E-state index in [0.717, 1.165) is 5.56 Å². The highest BCUT2D eigenvalue weighted by molar-refractivity contribution is 6.30. The second-order valence-electron chi connectivity index (χ2n) is 4.36. The van der Waals surface area contributed by atoms with Crippen molar-refractivity contribution in [2.75, 3.05) is 0 Å². The van der Waals surface area contributed by atoms with E-state index in [1.807, 2.05) is 30.3 Å². The Labute approximate surface area is 128 Å². The molecule has 0 aliphatic heterocycles. The molecule has 0 aliphatic carbocycles. The van der Waals surface area contributed by atoms with E-state index < -0.39 is 6.10 Å². The van der Waals surface area contributed by atoms with Crippen molar-refractivity contribution < 1.29 is 9.53 Å². The summed E-state index contributed by atoms with van der Waals surface area (Å²) in [5.74, 6) is 0.325. The molecule has 0 saturated carbocycles. The number of rotatable bonds is 5. The fourth-order valence-electron chi connectivity index (χ4n) is 1.57. The van der Waals surface area contributed by atoms with Crippen LogP contribution in [0.2, 0.25) is 5.02 Å². The molecule has 0 radical (unpaired) electrons. The van der Waals surface area contributed by atoms with Gasteiger partial charge in [-0.1, -0.05) is 41.9 Å². The largest absolute Gasteiger partial charge is 0.481 e. The van der Waals surface area contributed by atoms with Crippen LogP contribution in [-0.4, -0.2) is 18.2 Å². The van der Waals surface area contributed by atoms with Gasteiger partial charge >= 0.3 is 0 Å². The second kappa shape index (κ2) is 7.45. The topological polar surface area (TPSA) is 50.7 Å². The minimum Gasteiger partial charge on any atom is -0.481 e. The lowest BCUT2D eigenvalue weighted by atomic mass is 10.2. The number of nitrogens with one attached hydrogen (secondary N) is 1. The molecule has 2 rings (SSSR count). The molecule has 0 fully saturated rings. The van der Waals surface area contributed by atoms with Gasteiger partial charge in [0.2, 0.25) is 0 Å². The Hall–Kier alpha value is -2.33. The molecule has 0 bridgehead atoms. The van der Waals surface area contributed by atoms with E-state index in [-0.39, 0.29) is 5.91 Å². The van der Waals surface area contributed by atoms with Crippen LogP contribution in [-0.2, 0) is 4.79 Å². The van der Waals surface area contributed by atoms with Gasteiger partial charge in [0.25, 0.3) is 5.91 Å². The first-order chi connectivity index (χ1) is 10.1. The predicted molar refractivity (Wildman–Crippen MR) is 83.7 cm³/mol. The van der Waals surface area contributed by atoms with Crippen molar-refractivity contribution >= 4 is 23.7 Å². The second-order valence-corrected chi connectivity index (χ2v) is 4.80. The fraction of sp³-hybridized carbons (Fsp3) is 0.125. The Kier molecular flexibility index (Phi) is 5.35. The van der Waals surface area contributed by atoms with Crippen LogP contribution in [0.5, 0.6) is 5.75 Å². The number of carbonyl (C=O) groups is 1. The summed E-state index contributed by atoms with van der Waals surface area (Å²) in [6.45, 7) is 1.67. The first-order valence-electron chi connectivity index (χ1n) is 6.45. The number of ether oxygens (including phenoxy) is 1. The Bertz CT molecular complexity index is 612. The molecular formula is C16H15ClN2O2. The average molecular weight is 303 g/mol. The van der Waals surface area contributed by atoms with E-state index >= 15 is 0 Å². The smallest absolute Gasteiger partial charge is 0.280 e. The van der Waals surface area contributed by atoms with Gasteiger partial charge in [-0.15, -0.1) is 0 Å². The van der Waals surface area contributed by atoms with Gasteiger partial charge in [0.1, 0.15) is 5.75 Å². The highest BCUT2D eigenvalue weighted by Crippen LogP contribution is 2.10. The van der Waals surface area contributed by atoms with Crippen LogP contribution in [0.4, 0.5) is 0 Å². The van der Waals surface area contributed by atoms with Crippen molar-refractivity contribution in [2.24, 2.45) is 5.10 Å². The molecular weight excluding hydrogens is 288 g/mol. The van der Waals surface area contributed by atoms with Crippen molar-refractivity contribution in [3.63, 3.8) is 0 Å². The van der Waals surface area contributed by atoms with Crippen LogP contribution < -0.4 is 10.2 Å². The van der Waals surface area contributed by atoms with Crippen LogP contribution in [0, 0.1) is 0 Å². The summed E-state index contributed by atoms with van der Waals surface area (Å²) in [5, 5.41) is 4.54. The highest BCUT2D eigenvalue weighted by atomic mass is 35.5. The third-order valence-corrected chi connectivity index (χ3v) is 2.94. The SMILES string of the molecule is C[C@@H](Oc1ccccc1)C(=O)N/N=C\c1ccc(Cl)cc1. The van der Waals surface area contributed by atoms with Gasteiger partial charge in [0.05, 0.1) is 6.21 Å². The van der Waals surface area contributed by atoms with Gasteiger partial charge in [-0.05, 0) is 36.8 Å². The normalized spacial score (nSPS) is 12.1. The molecule has 2 aromatic rings. The summed E-state index contributed by atoms with van der Waals surface area (Å²) in [6.07, 6.45) is 0.915. The van der Waals surface area contributed by atoms with Gasteiger partial charge in [-0.3, -0.25) is 4.79 Å². The van der Waals surface area contributed by atoms with E-state index in [1.165, 1.54) is 0 Å². The summed E-state index contributed by atoms with van der Waals surface area (Å²) in [4.78, 5) is 11.8. The van der Waals surface area contributed by atoms with Gasteiger partial charge in [-0.2, -0.15) is 5.10 Å². The summed E-state index contributed by atoms with van der Waals surface area (Å²) in [6, 6.07) is 16.3. The standard InChI is InChI=1S/C16H15ClN2O2/c1-12(21-15-5-3-2-4-6-15)16(20)19-18-11-13-7-9-14(17)10-8-13/h2-12H,1H3,(H,19,20)/b18-11-/t12-/m1/s1. The average Bonchev–Trinajstić information content (AvgIpc) is 2.50. The number of carbonyl (C=O) groups excluding carboxylic acids is 1. The van der Waals surface area contributed by atoms with Crippen molar-refractivity contribution in [3.8, 4) is 5.75 Å². The number of nitrogens with zero attached hydrogens (tertiary/aromatic N) is 1. The van der Waals surface area contributed by atoms with Crippen molar-refractivity contribution in [1.82, 2.24) is 5.43 Å². The monoisotopic (exact) mass is 302 g/mol. The van der Waals surface area contributed by atoms with Crippen LogP contribution in [0.1, 0.15) is 12.5 Å². The van der Waals surface area contributed by atoms with Crippen molar-refractivity contribution in [3.05, 3.63) is 65.2 Å². The number of para-hydroxylation sites is 1. The molecule has 1 atom stereocenters. The third-order valence-electron chi connectivity index (χ3n) is 2.68. The zero-order valence-corrected chi connectivity index (χ0v) is 12.2. The summed E-state index contributed by atoms with van der Waals surface area (Å²) >= 11 is 5.78. The zero-order valence-electron chi connectivity index (χ0n) is 11.5. The van der Waals surface area contributed by atoms with Gasteiger partial charge in [-0.25, -0.2) is 5.43 Å². The van der Waals surface area contributed by atoms with E-state index in [0.29, 0.717) is 10.8 Å². The molecule has 0 heterocycles. The van der Waals surface area contributed by atoms with E-state index in [2.05, 4.69) is 10.5 Å². The molecule has 0 unspecified atom stereocenters. The molecule has 1 amide bonds. The minimum atomic E-state index is -0.630. The molecule has 0 aliphatic rings. The minimum absolute atomic E-state index is 0.316. The lowest BCUT2D eigenvalue weighted by Crippen LogP contribution is -2.33. The van der Waals surface area contributed by atoms with Gasteiger partial charge < -0.3 is 4.74 Å². The number of benzene rings is 2. The maximum Gasteiger partial charge on any atom is 0.280 e. The summed E-state index contributed by atoms with van der Waals surface area (Å²) < 4.78 is 5.49. The molecule has 0 saturated heterocycles. The number of hydrazone groups is 1. The molecule has 2 aromatic carbocycles. The lowest BCUT2D eigenvalue weighted by Gasteiger charge is -2.12. The molecule has 4 nitrogen and oxygen atoms in total. The Morgan fingerprint density at radius 2 is 1.86 bits per heavy atom. The van der Waals surface area contributed by atoms with Crippen LogP contribution in [0.3, 0.4) is 0 Å². The Morgan fingerprint density at radius 3 is 2.52 bits per heavy atom. The first kappa shape index (κ1) is 15.1. The maximum absolute atomic E-state index is 11.8. The molecule has 0 aromatic heterocycles. The van der Waals surface area contributed by atoms with Gasteiger partial charge in [0, 0.05) is 5.02 Å². The van der Waals surface area contributed by atoms with Crippen molar-refractivity contribution in [1.29, 1.82) is 0 Å². The van der Waals surface area contributed by atoms with E-state index in [9.17, 15) is 4.79 Å². The van der Waals surface area contributed by atoms with Crippen molar-refractivity contribution in [2.45, 2.75) is 13.0 Å². The zero-order chi connectivity index (χ0) is 15.1. The van der Waals surface area contributed by atoms with E-state index in [1.54, 1.807) is 37.4 Å². The molecule has 108 valence electrons. The molecule has 1 N–H and O–H groups in total. The number of hydrogen-bond donors (Lipinski definition) is 1. The Balaban J connectivity index is 1.85. The summed E-state index contributed by atoms with van der Waals surface area (Å²) in [7, 11) is 0. The van der Waals surface area contributed by atoms with Gasteiger partial charge in [0.15, 0.2) is 6.10 Å². The lowest BCUT2D eigenvalue weighted by molar-refractivity contribution is -0.127. The quantitative estimate of drug-likeness (QED) is 0.681. The third kappa shape index (κ3) is 4.93. The number of halogens is 1. The van der Waals surface area contributed by atoms with Crippen LogP contribution in [0.25, 0.3) is 0 Å². The fourth-order valence-corrected chi connectivity index (χ4v) is 1.69. The predicted octanol–water partition coefficient (Wildman–Crippen LogP) is 3.26. The van der Waals surface area contributed by atoms with E-state index in [4.69, 9.17) is 16.3 Å². The first-order valence-corrected chi connectivity index (χ1v) is 6.83. The summed E-state index contributed by atoms with van der Waals surface area (Å²) in [5.41, 5.74) is 3.28.